The van der Waals surface area contributed by atoms with Gasteiger partial charge in [0.2, 0.25) is 0 Å². The largest absolute Gasteiger partial charge is 0.505 e. The molecule has 0 fully saturated rings. The van der Waals surface area contributed by atoms with Crippen molar-refractivity contribution in [2.45, 2.75) is 19.8 Å². The molecule has 1 unspecified atom stereocenters. The summed E-state index contributed by atoms with van der Waals surface area (Å²) in [6.45, 7) is 3.38. The summed E-state index contributed by atoms with van der Waals surface area (Å²) >= 11 is 0. The van der Waals surface area contributed by atoms with Crippen LogP contribution in [0, 0.1) is 12.7 Å². The Bertz CT molecular complexity index is 310. The van der Waals surface area contributed by atoms with Crippen LogP contribution in [0.25, 0.3) is 0 Å². The maximum absolute atomic E-state index is 13.0. The molecule has 0 amide bonds. The fraction of sp³-hybridized carbons (Fsp3) is 0.400. The van der Waals surface area contributed by atoms with E-state index in [1.165, 1.54) is 6.07 Å². The fourth-order valence-corrected chi connectivity index (χ4v) is 1.24. The molecule has 0 aliphatic carbocycles. The standard InChI is InChI=1S/C10H13FO2/c1-6-3-8(7(2)5-12)10(13)9(11)4-6/h3-4,7,12-13H,5H2,1-2H3. The van der Waals surface area contributed by atoms with Crippen LogP contribution in [0.1, 0.15) is 24.0 Å². The van der Waals surface area contributed by atoms with Gasteiger partial charge in [-0.2, -0.15) is 0 Å². The molecule has 3 heteroatoms. The quantitative estimate of drug-likeness (QED) is 0.737. The zero-order valence-electron chi connectivity index (χ0n) is 7.71. The number of rotatable bonds is 2. The number of aliphatic hydroxyl groups is 1. The number of hydrogen-bond donors (Lipinski definition) is 2. The summed E-state index contributed by atoms with van der Waals surface area (Å²) in [6.07, 6.45) is 0. The predicted octanol–water partition coefficient (Wildman–Crippen LogP) is 1.94. The first-order valence-corrected chi connectivity index (χ1v) is 4.16. The molecule has 2 nitrogen and oxygen atoms in total. The first kappa shape index (κ1) is 9.99. The van der Waals surface area contributed by atoms with Gasteiger partial charge in [-0.1, -0.05) is 13.0 Å². The van der Waals surface area contributed by atoms with E-state index < -0.39 is 5.82 Å². The second kappa shape index (κ2) is 3.75. The minimum atomic E-state index is -0.629. The summed E-state index contributed by atoms with van der Waals surface area (Å²) in [5.74, 6) is -1.23. The van der Waals surface area contributed by atoms with Gasteiger partial charge >= 0.3 is 0 Å². The van der Waals surface area contributed by atoms with Crippen molar-refractivity contribution in [3.8, 4) is 5.75 Å². The molecular formula is C10H13FO2. The number of phenolic OH excluding ortho intramolecular Hbond substituents is 1. The highest BCUT2D eigenvalue weighted by Crippen LogP contribution is 2.29. The van der Waals surface area contributed by atoms with E-state index in [0.29, 0.717) is 5.56 Å². The van der Waals surface area contributed by atoms with E-state index in [1.807, 2.05) is 0 Å². The molecule has 0 bridgehead atoms. The minimum Gasteiger partial charge on any atom is -0.505 e. The van der Waals surface area contributed by atoms with E-state index >= 15 is 0 Å². The Hall–Kier alpha value is -1.09. The van der Waals surface area contributed by atoms with Gasteiger partial charge < -0.3 is 10.2 Å². The minimum absolute atomic E-state index is 0.101. The summed E-state index contributed by atoms with van der Waals surface area (Å²) in [6, 6.07) is 2.95. The number of aromatic hydroxyl groups is 1. The van der Waals surface area contributed by atoms with Crippen molar-refractivity contribution in [2.75, 3.05) is 6.61 Å². The molecular weight excluding hydrogens is 171 g/mol. The van der Waals surface area contributed by atoms with Gasteiger partial charge in [0.15, 0.2) is 11.6 Å². The Morgan fingerprint density at radius 1 is 1.46 bits per heavy atom. The number of phenols is 1. The Kier molecular flexibility index (Phi) is 2.88. The van der Waals surface area contributed by atoms with Gasteiger partial charge in [-0.15, -0.1) is 0 Å². The molecule has 1 aromatic carbocycles. The summed E-state index contributed by atoms with van der Waals surface area (Å²) in [4.78, 5) is 0. The van der Waals surface area contributed by atoms with E-state index in [0.717, 1.165) is 5.56 Å². The predicted molar refractivity (Wildman–Crippen MR) is 48.3 cm³/mol. The average Bonchev–Trinajstić information content (AvgIpc) is 2.10. The Labute approximate surface area is 76.6 Å². The van der Waals surface area contributed by atoms with Gasteiger partial charge in [-0.05, 0) is 18.6 Å². The Morgan fingerprint density at radius 2 is 2.08 bits per heavy atom. The summed E-state index contributed by atoms with van der Waals surface area (Å²) in [5.41, 5.74) is 1.20. The average molecular weight is 184 g/mol. The van der Waals surface area contributed by atoms with Crippen molar-refractivity contribution in [2.24, 2.45) is 0 Å². The van der Waals surface area contributed by atoms with Gasteiger partial charge in [0.1, 0.15) is 0 Å². The molecule has 1 aromatic rings. The number of halogens is 1. The third-order valence-corrected chi connectivity index (χ3v) is 2.04. The normalized spacial score (nSPS) is 12.9. The molecule has 1 rings (SSSR count). The molecule has 0 aliphatic rings. The van der Waals surface area contributed by atoms with Gasteiger partial charge in [-0.3, -0.25) is 0 Å². The van der Waals surface area contributed by atoms with Crippen molar-refractivity contribution in [1.29, 1.82) is 0 Å². The summed E-state index contributed by atoms with van der Waals surface area (Å²) < 4.78 is 13.0. The van der Waals surface area contributed by atoms with Gasteiger partial charge in [0.05, 0.1) is 0 Å². The lowest BCUT2D eigenvalue weighted by atomic mass is 9.99. The number of benzene rings is 1. The molecule has 0 saturated carbocycles. The molecule has 0 spiro atoms. The number of aryl methyl sites for hydroxylation is 1. The first-order valence-electron chi connectivity index (χ1n) is 4.16. The van der Waals surface area contributed by atoms with Crippen LogP contribution in [-0.2, 0) is 0 Å². The SMILES string of the molecule is Cc1cc(F)c(O)c(C(C)CO)c1. The van der Waals surface area contributed by atoms with Crippen LogP contribution in [0.5, 0.6) is 5.75 Å². The van der Waals surface area contributed by atoms with Crippen molar-refractivity contribution in [1.82, 2.24) is 0 Å². The van der Waals surface area contributed by atoms with E-state index in [-0.39, 0.29) is 18.3 Å². The molecule has 13 heavy (non-hydrogen) atoms. The summed E-state index contributed by atoms with van der Waals surface area (Å²) in [5, 5.41) is 18.2. The maximum atomic E-state index is 13.0. The van der Waals surface area contributed by atoms with E-state index in [2.05, 4.69) is 0 Å². The Balaban J connectivity index is 3.20. The van der Waals surface area contributed by atoms with Crippen molar-refractivity contribution in [3.63, 3.8) is 0 Å². The molecule has 72 valence electrons. The molecule has 0 heterocycles. The van der Waals surface area contributed by atoms with Gasteiger partial charge in [0.25, 0.3) is 0 Å². The molecule has 2 N–H and O–H groups in total. The van der Waals surface area contributed by atoms with Crippen LogP contribution in [-0.4, -0.2) is 16.8 Å². The molecule has 1 atom stereocenters. The lowest BCUT2D eigenvalue weighted by molar-refractivity contribution is 0.269. The molecule has 0 radical (unpaired) electrons. The highest BCUT2D eigenvalue weighted by molar-refractivity contribution is 5.39. The Morgan fingerprint density at radius 3 is 2.62 bits per heavy atom. The van der Waals surface area contributed by atoms with E-state index in [1.54, 1.807) is 19.9 Å². The highest BCUT2D eigenvalue weighted by atomic mass is 19.1. The van der Waals surface area contributed by atoms with Crippen LogP contribution in [0.4, 0.5) is 4.39 Å². The monoisotopic (exact) mass is 184 g/mol. The number of aliphatic hydroxyl groups excluding tert-OH is 1. The second-order valence-electron chi connectivity index (χ2n) is 3.27. The van der Waals surface area contributed by atoms with Crippen LogP contribution in [0.15, 0.2) is 12.1 Å². The second-order valence-corrected chi connectivity index (χ2v) is 3.27. The zero-order chi connectivity index (χ0) is 10.0. The van der Waals surface area contributed by atoms with Crippen LogP contribution >= 0.6 is 0 Å². The van der Waals surface area contributed by atoms with Crippen molar-refractivity contribution >= 4 is 0 Å². The first-order chi connectivity index (χ1) is 6.06. The van der Waals surface area contributed by atoms with Crippen molar-refractivity contribution < 1.29 is 14.6 Å². The topological polar surface area (TPSA) is 40.5 Å². The highest BCUT2D eigenvalue weighted by Gasteiger charge is 2.13. The van der Waals surface area contributed by atoms with Crippen LogP contribution < -0.4 is 0 Å². The third kappa shape index (κ3) is 1.98. The van der Waals surface area contributed by atoms with E-state index in [9.17, 15) is 9.50 Å². The maximum Gasteiger partial charge on any atom is 0.165 e. The molecule has 0 saturated heterocycles. The van der Waals surface area contributed by atoms with Gasteiger partial charge in [0, 0.05) is 18.1 Å². The van der Waals surface area contributed by atoms with Crippen LogP contribution in [0.3, 0.4) is 0 Å². The van der Waals surface area contributed by atoms with E-state index in [4.69, 9.17) is 5.11 Å². The lowest BCUT2D eigenvalue weighted by Gasteiger charge is -2.11. The summed E-state index contributed by atoms with van der Waals surface area (Å²) in [7, 11) is 0. The third-order valence-electron chi connectivity index (χ3n) is 2.04. The number of hydrogen-bond acceptors (Lipinski definition) is 2. The van der Waals surface area contributed by atoms with Gasteiger partial charge in [-0.25, -0.2) is 4.39 Å². The smallest absolute Gasteiger partial charge is 0.165 e. The fourth-order valence-electron chi connectivity index (χ4n) is 1.24. The zero-order valence-corrected chi connectivity index (χ0v) is 7.71. The van der Waals surface area contributed by atoms with Crippen LogP contribution in [0.2, 0.25) is 0 Å². The molecule has 0 aliphatic heterocycles. The molecule has 0 aromatic heterocycles. The lowest BCUT2D eigenvalue weighted by Crippen LogP contribution is -2.00. The van der Waals surface area contributed by atoms with Crippen molar-refractivity contribution in [3.05, 3.63) is 29.1 Å².